The maximum atomic E-state index is 11.0. The van der Waals surface area contributed by atoms with Gasteiger partial charge in [0.1, 0.15) is 0 Å². The fourth-order valence-corrected chi connectivity index (χ4v) is 5.75. The first-order valence-electron chi connectivity index (χ1n) is 9.02. The predicted octanol–water partition coefficient (Wildman–Crippen LogP) is 3.20. The van der Waals surface area contributed by atoms with Crippen LogP contribution in [-0.4, -0.2) is 33.6 Å². The molecular formula is C20H32O3. The predicted molar refractivity (Wildman–Crippen MR) is 91.8 cm³/mol. The molecule has 0 heterocycles. The first kappa shape index (κ1) is 17.2. The summed E-state index contributed by atoms with van der Waals surface area (Å²) in [5.41, 5.74) is 2.82. The summed E-state index contributed by atoms with van der Waals surface area (Å²) in [5.74, 6) is 0.523. The van der Waals surface area contributed by atoms with E-state index in [2.05, 4.69) is 27.4 Å². The SMILES string of the molecule is C=C1[C@H]2C[C@@H]3C[C@H](O)C(C)=C([C@@H](O)C[C@]2(C)CC[C@@H]1O)C3(C)C. The Hall–Kier alpha value is -0.640. The number of aliphatic hydroxyl groups excluding tert-OH is 3. The van der Waals surface area contributed by atoms with Crippen molar-refractivity contribution in [3.8, 4) is 0 Å². The highest BCUT2D eigenvalue weighted by atomic mass is 16.3. The summed E-state index contributed by atoms with van der Waals surface area (Å²) in [6.45, 7) is 12.8. The molecular weight excluding hydrogens is 288 g/mol. The van der Waals surface area contributed by atoms with E-state index in [0.29, 0.717) is 12.3 Å². The quantitative estimate of drug-likeness (QED) is 0.601. The van der Waals surface area contributed by atoms with Gasteiger partial charge < -0.3 is 15.3 Å². The van der Waals surface area contributed by atoms with Crippen LogP contribution in [0.3, 0.4) is 0 Å². The molecule has 3 rings (SSSR count). The molecule has 0 aromatic carbocycles. The van der Waals surface area contributed by atoms with Crippen LogP contribution in [0.4, 0.5) is 0 Å². The van der Waals surface area contributed by atoms with E-state index in [4.69, 9.17) is 0 Å². The minimum atomic E-state index is -0.515. The molecule has 6 atom stereocenters. The fraction of sp³-hybridized carbons (Fsp3) is 0.800. The van der Waals surface area contributed by atoms with Gasteiger partial charge in [0.2, 0.25) is 0 Å². The highest BCUT2D eigenvalue weighted by Crippen LogP contribution is 2.58. The van der Waals surface area contributed by atoms with Gasteiger partial charge in [-0.15, -0.1) is 0 Å². The largest absolute Gasteiger partial charge is 0.389 e. The smallest absolute Gasteiger partial charge is 0.0764 e. The molecule has 3 nitrogen and oxygen atoms in total. The Balaban J connectivity index is 2.09. The van der Waals surface area contributed by atoms with E-state index in [9.17, 15) is 15.3 Å². The average Bonchev–Trinajstić information content (AvgIpc) is 2.44. The molecule has 3 heteroatoms. The van der Waals surface area contributed by atoms with Crippen LogP contribution in [-0.2, 0) is 0 Å². The van der Waals surface area contributed by atoms with Crippen molar-refractivity contribution in [1.82, 2.24) is 0 Å². The minimum absolute atomic E-state index is 0.0156. The van der Waals surface area contributed by atoms with Crippen molar-refractivity contribution in [1.29, 1.82) is 0 Å². The first-order chi connectivity index (χ1) is 10.6. The number of rotatable bonds is 0. The summed E-state index contributed by atoms with van der Waals surface area (Å²) in [4.78, 5) is 0. The van der Waals surface area contributed by atoms with Gasteiger partial charge in [-0.2, -0.15) is 0 Å². The van der Waals surface area contributed by atoms with Crippen molar-refractivity contribution in [2.45, 2.75) is 78.1 Å². The van der Waals surface area contributed by atoms with Crippen LogP contribution in [0.15, 0.2) is 23.3 Å². The van der Waals surface area contributed by atoms with Gasteiger partial charge in [-0.1, -0.05) is 27.4 Å². The average molecular weight is 320 g/mol. The van der Waals surface area contributed by atoms with Gasteiger partial charge in [-0.3, -0.25) is 0 Å². The molecule has 0 aliphatic heterocycles. The molecule has 2 saturated carbocycles. The van der Waals surface area contributed by atoms with Gasteiger partial charge in [0.05, 0.1) is 18.3 Å². The van der Waals surface area contributed by atoms with Crippen molar-refractivity contribution in [2.24, 2.45) is 22.7 Å². The number of aliphatic hydroxyl groups is 3. The zero-order valence-electron chi connectivity index (χ0n) is 15.0. The normalized spacial score (nSPS) is 46.9. The van der Waals surface area contributed by atoms with Crippen molar-refractivity contribution in [3.63, 3.8) is 0 Å². The number of fused-ring (bicyclic) bond motifs is 3. The highest BCUT2D eigenvalue weighted by molar-refractivity contribution is 5.33. The Kier molecular flexibility index (Phi) is 4.06. The van der Waals surface area contributed by atoms with Gasteiger partial charge in [-0.05, 0) is 78.4 Å². The summed E-state index contributed by atoms with van der Waals surface area (Å²) in [6.07, 6.45) is 2.66. The molecule has 3 N–H and O–H groups in total. The van der Waals surface area contributed by atoms with Crippen LogP contribution < -0.4 is 0 Å². The summed E-state index contributed by atoms with van der Waals surface area (Å²) in [7, 11) is 0. The van der Waals surface area contributed by atoms with Crippen LogP contribution in [0, 0.1) is 22.7 Å². The molecule has 0 spiro atoms. The van der Waals surface area contributed by atoms with Gasteiger partial charge >= 0.3 is 0 Å². The summed E-state index contributed by atoms with van der Waals surface area (Å²) >= 11 is 0. The van der Waals surface area contributed by atoms with Gasteiger partial charge in [-0.25, -0.2) is 0 Å². The topological polar surface area (TPSA) is 60.7 Å². The Morgan fingerprint density at radius 3 is 2.30 bits per heavy atom. The summed E-state index contributed by atoms with van der Waals surface area (Å²) in [6, 6.07) is 0. The van der Waals surface area contributed by atoms with E-state index in [0.717, 1.165) is 42.4 Å². The Bertz CT molecular complexity index is 547. The third-order valence-electron chi connectivity index (χ3n) is 7.37. The van der Waals surface area contributed by atoms with Gasteiger partial charge in [0, 0.05) is 0 Å². The lowest BCUT2D eigenvalue weighted by atomic mass is 9.51. The molecule has 130 valence electrons. The third kappa shape index (κ3) is 2.52. The highest BCUT2D eigenvalue weighted by Gasteiger charge is 2.52. The monoisotopic (exact) mass is 320 g/mol. The molecule has 0 amide bonds. The van der Waals surface area contributed by atoms with Crippen LogP contribution in [0.1, 0.15) is 59.8 Å². The lowest BCUT2D eigenvalue weighted by molar-refractivity contribution is -0.0229. The Morgan fingerprint density at radius 2 is 1.65 bits per heavy atom. The van der Waals surface area contributed by atoms with Crippen molar-refractivity contribution < 1.29 is 15.3 Å². The zero-order chi connectivity index (χ0) is 17.2. The maximum Gasteiger partial charge on any atom is 0.0764 e. The van der Waals surface area contributed by atoms with Crippen molar-refractivity contribution >= 4 is 0 Å². The van der Waals surface area contributed by atoms with Crippen LogP contribution >= 0.6 is 0 Å². The van der Waals surface area contributed by atoms with Gasteiger partial charge in [0.15, 0.2) is 0 Å². The second kappa shape index (κ2) is 5.44. The Labute approximate surface area is 140 Å². The van der Waals surface area contributed by atoms with E-state index < -0.39 is 18.3 Å². The molecule has 0 aromatic rings. The molecule has 2 fully saturated rings. The summed E-state index contributed by atoms with van der Waals surface area (Å²) < 4.78 is 0. The molecule has 3 aliphatic carbocycles. The zero-order valence-corrected chi connectivity index (χ0v) is 15.0. The van der Waals surface area contributed by atoms with E-state index in [1.54, 1.807) is 0 Å². The van der Waals surface area contributed by atoms with Crippen LogP contribution in [0.5, 0.6) is 0 Å². The number of hydrogen-bond acceptors (Lipinski definition) is 3. The molecule has 0 aromatic heterocycles. The molecule has 23 heavy (non-hydrogen) atoms. The van der Waals surface area contributed by atoms with Gasteiger partial charge in [0.25, 0.3) is 0 Å². The number of hydrogen-bond donors (Lipinski definition) is 3. The summed E-state index contributed by atoms with van der Waals surface area (Å²) in [5, 5.41) is 31.8. The molecule has 3 aliphatic rings. The minimum Gasteiger partial charge on any atom is -0.389 e. The molecule has 0 saturated heterocycles. The second-order valence-corrected chi connectivity index (χ2v) is 9.06. The lowest BCUT2D eigenvalue weighted by Crippen LogP contribution is -2.50. The van der Waals surface area contributed by atoms with Crippen LogP contribution in [0.2, 0.25) is 0 Å². The second-order valence-electron chi connectivity index (χ2n) is 9.06. The Morgan fingerprint density at radius 1 is 1.00 bits per heavy atom. The van der Waals surface area contributed by atoms with Crippen LogP contribution in [0.25, 0.3) is 0 Å². The van der Waals surface area contributed by atoms with Crippen molar-refractivity contribution in [3.05, 3.63) is 23.3 Å². The van der Waals surface area contributed by atoms with E-state index >= 15 is 0 Å². The van der Waals surface area contributed by atoms with Crippen molar-refractivity contribution in [2.75, 3.05) is 0 Å². The molecule has 2 bridgehead atoms. The maximum absolute atomic E-state index is 11.0. The first-order valence-corrected chi connectivity index (χ1v) is 9.02. The van der Waals surface area contributed by atoms with E-state index in [-0.39, 0.29) is 16.7 Å². The molecule has 0 radical (unpaired) electrons. The molecule has 0 unspecified atom stereocenters. The third-order valence-corrected chi connectivity index (χ3v) is 7.37. The van der Waals surface area contributed by atoms with E-state index in [1.165, 1.54) is 0 Å². The lowest BCUT2D eigenvalue weighted by Gasteiger charge is -2.55. The standard InChI is InChI=1S/C20H32O3/c1-11-14-8-13-9-16(22)12(2)18(19(13,3)4)17(23)10-20(14,5)7-6-15(11)21/h13-17,21-23H,1,6-10H2,2-5H3/t13-,14-,15+,16+,17+,20+/m1/s1. The fourth-order valence-electron chi connectivity index (χ4n) is 5.75. The van der Waals surface area contributed by atoms with E-state index in [1.807, 2.05) is 6.92 Å².